The lowest BCUT2D eigenvalue weighted by molar-refractivity contribution is 0.542. The van der Waals surface area contributed by atoms with Crippen LogP contribution >= 0.6 is 0 Å². The molecule has 0 fully saturated rings. The average molecular weight is 257 g/mol. The zero-order chi connectivity index (χ0) is 13.7. The summed E-state index contributed by atoms with van der Waals surface area (Å²) in [6.45, 7) is 8.56. The number of aromatic nitrogens is 1. The van der Waals surface area contributed by atoms with Crippen LogP contribution in [0.5, 0.6) is 0 Å². The molecule has 2 N–H and O–H groups in total. The highest BCUT2D eigenvalue weighted by Gasteiger charge is 2.14. The van der Waals surface area contributed by atoms with Crippen molar-refractivity contribution < 1.29 is 8.78 Å². The third-order valence-electron chi connectivity index (χ3n) is 2.84. The van der Waals surface area contributed by atoms with Gasteiger partial charge >= 0.3 is 0 Å². The van der Waals surface area contributed by atoms with Gasteiger partial charge in [-0.3, -0.25) is 0 Å². The quantitative estimate of drug-likeness (QED) is 0.817. The molecule has 0 aromatic carbocycles. The van der Waals surface area contributed by atoms with Crippen LogP contribution in [0, 0.1) is 17.6 Å². The normalized spacial score (nSPS) is 12.6. The van der Waals surface area contributed by atoms with E-state index in [9.17, 15) is 8.78 Å². The van der Waals surface area contributed by atoms with Crippen molar-refractivity contribution in [2.45, 2.75) is 40.2 Å². The maximum absolute atomic E-state index is 13.6. The van der Waals surface area contributed by atoms with Gasteiger partial charge in [0.1, 0.15) is 0 Å². The van der Waals surface area contributed by atoms with Crippen LogP contribution in [-0.2, 0) is 0 Å². The molecule has 0 aliphatic heterocycles. The monoisotopic (exact) mass is 257 g/mol. The van der Waals surface area contributed by atoms with Gasteiger partial charge in [-0.15, -0.1) is 0 Å². The molecule has 0 saturated heterocycles. The predicted molar refractivity (Wildman–Crippen MR) is 70.9 cm³/mol. The van der Waals surface area contributed by atoms with E-state index in [0.717, 1.165) is 12.5 Å². The van der Waals surface area contributed by atoms with Gasteiger partial charge in [0.25, 0.3) is 0 Å². The van der Waals surface area contributed by atoms with Gasteiger partial charge in [-0.2, -0.15) is 0 Å². The molecule has 102 valence electrons. The minimum atomic E-state index is -0.665. The summed E-state index contributed by atoms with van der Waals surface area (Å²) in [5.41, 5.74) is 0. The number of anilines is 2. The Morgan fingerprint density at radius 3 is 2.33 bits per heavy atom. The van der Waals surface area contributed by atoms with Gasteiger partial charge in [0.2, 0.25) is 0 Å². The van der Waals surface area contributed by atoms with Gasteiger partial charge < -0.3 is 10.6 Å². The molecule has 0 saturated carbocycles. The Morgan fingerprint density at radius 2 is 1.78 bits per heavy atom. The third kappa shape index (κ3) is 3.82. The number of halogens is 2. The molecule has 0 amide bonds. The average Bonchev–Trinajstić information content (AvgIpc) is 2.30. The van der Waals surface area contributed by atoms with E-state index in [4.69, 9.17) is 0 Å². The second-order valence-electron chi connectivity index (χ2n) is 4.75. The molecule has 3 nitrogen and oxygen atoms in total. The van der Waals surface area contributed by atoms with E-state index in [1.807, 2.05) is 27.7 Å². The lowest BCUT2D eigenvalue weighted by atomic mass is 10.1. The molecule has 1 rings (SSSR count). The molecule has 1 aromatic heterocycles. The fourth-order valence-corrected chi connectivity index (χ4v) is 1.32. The van der Waals surface area contributed by atoms with E-state index in [1.54, 1.807) is 0 Å². The molecule has 1 unspecified atom stereocenters. The summed E-state index contributed by atoms with van der Waals surface area (Å²) < 4.78 is 27.0. The summed E-state index contributed by atoms with van der Waals surface area (Å²) in [4.78, 5) is 3.96. The Morgan fingerprint density at radius 1 is 1.17 bits per heavy atom. The Bertz CT molecular complexity index is 394. The summed E-state index contributed by atoms with van der Waals surface area (Å²) in [6, 6.07) is 0.928. The first-order valence-electron chi connectivity index (χ1n) is 6.32. The number of hydrogen-bond acceptors (Lipinski definition) is 3. The Hall–Kier alpha value is -1.39. The molecule has 0 aliphatic rings. The predicted octanol–water partition coefficient (Wildman–Crippen LogP) is 3.64. The smallest absolute Gasteiger partial charge is 0.168 e. The fraction of sp³-hybridized carbons (Fsp3) is 0.615. The second kappa shape index (κ2) is 6.52. The number of pyridine rings is 1. The minimum absolute atomic E-state index is 0.0662. The Balaban J connectivity index is 2.90. The van der Waals surface area contributed by atoms with Crippen molar-refractivity contribution in [2.24, 2.45) is 5.92 Å². The van der Waals surface area contributed by atoms with Crippen molar-refractivity contribution in [3.63, 3.8) is 0 Å². The van der Waals surface area contributed by atoms with Crippen LogP contribution in [0.15, 0.2) is 6.07 Å². The highest BCUT2D eigenvalue weighted by molar-refractivity contribution is 5.48. The highest BCUT2D eigenvalue weighted by Crippen LogP contribution is 2.20. The maximum Gasteiger partial charge on any atom is 0.168 e. The largest absolute Gasteiger partial charge is 0.368 e. The molecule has 0 bridgehead atoms. The number of nitrogens with one attached hydrogen (secondary N) is 2. The summed E-state index contributed by atoms with van der Waals surface area (Å²) in [7, 11) is 0. The first-order chi connectivity index (χ1) is 8.45. The fourth-order valence-electron chi connectivity index (χ4n) is 1.32. The van der Waals surface area contributed by atoms with E-state index in [-0.39, 0.29) is 17.7 Å². The van der Waals surface area contributed by atoms with Crippen LogP contribution in [0.4, 0.5) is 20.4 Å². The summed E-state index contributed by atoms with van der Waals surface area (Å²) in [5.74, 6) is -0.804. The maximum atomic E-state index is 13.6. The van der Waals surface area contributed by atoms with Gasteiger partial charge in [-0.05, 0) is 19.3 Å². The van der Waals surface area contributed by atoms with Crippen LogP contribution in [0.1, 0.15) is 34.1 Å². The Kier molecular flexibility index (Phi) is 5.31. The first kappa shape index (κ1) is 14.7. The van der Waals surface area contributed by atoms with E-state index in [1.165, 1.54) is 0 Å². The standard InChI is InChI=1S/C13H21F2N3/c1-5-6-16-12-10(14)7-11(15)13(18-12)17-9(4)8(2)3/h7-9H,5-6H2,1-4H3,(H2,16,17,18). The lowest BCUT2D eigenvalue weighted by Crippen LogP contribution is -2.23. The molecular formula is C13H21F2N3. The molecule has 18 heavy (non-hydrogen) atoms. The molecule has 0 aliphatic carbocycles. The van der Waals surface area contributed by atoms with E-state index in [0.29, 0.717) is 12.5 Å². The van der Waals surface area contributed by atoms with E-state index < -0.39 is 11.6 Å². The molecule has 1 atom stereocenters. The minimum Gasteiger partial charge on any atom is -0.368 e. The molecule has 0 radical (unpaired) electrons. The second-order valence-corrected chi connectivity index (χ2v) is 4.75. The molecule has 5 heteroatoms. The van der Waals surface area contributed by atoms with Crippen molar-refractivity contribution in [2.75, 3.05) is 17.2 Å². The SMILES string of the molecule is CCCNc1nc(NC(C)C(C)C)c(F)cc1F. The van der Waals surface area contributed by atoms with Gasteiger partial charge in [0, 0.05) is 18.7 Å². The number of rotatable bonds is 6. The van der Waals surface area contributed by atoms with Crippen LogP contribution < -0.4 is 10.6 Å². The van der Waals surface area contributed by atoms with Crippen LogP contribution in [0.2, 0.25) is 0 Å². The topological polar surface area (TPSA) is 37.0 Å². The first-order valence-corrected chi connectivity index (χ1v) is 6.32. The molecule has 1 heterocycles. The summed E-state index contributed by atoms with van der Waals surface area (Å²) >= 11 is 0. The molecule has 0 spiro atoms. The van der Waals surface area contributed by atoms with Gasteiger partial charge in [0.15, 0.2) is 23.3 Å². The van der Waals surface area contributed by atoms with Crippen molar-refractivity contribution >= 4 is 11.6 Å². The van der Waals surface area contributed by atoms with Crippen molar-refractivity contribution in [3.05, 3.63) is 17.7 Å². The van der Waals surface area contributed by atoms with Crippen molar-refractivity contribution in [3.8, 4) is 0 Å². The highest BCUT2D eigenvalue weighted by atomic mass is 19.1. The Labute approximate surface area is 107 Å². The van der Waals surface area contributed by atoms with E-state index >= 15 is 0 Å². The van der Waals surface area contributed by atoms with Crippen molar-refractivity contribution in [1.82, 2.24) is 4.98 Å². The summed E-state index contributed by atoms with van der Waals surface area (Å²) in [5, 5.41) is 5.80. The zero-order valence-corrected chi connectivity index (χ0v) is 11.3. The molecular weight excluding hydrogens is 236 g/mol. The van der Waals surface area contributed by atoms with Crippen LogP contribution in [0.25, 0.3) is 0 Å². The third-order valence-corrected chi connectivity index (χ3v) is 2.84. The van der Waals surface area contributed by atoms with Gasteiger partial charge in [-0.25, -0.2) is 13.8 Å². The van der Waals surface area contributed by atoms with Crippen LogP contribution in [-0.4, -0.2) is 17.6 Å². The van der Waals surface area contributed by atoms with E-state index in [2.05, 4.69) is 15.6 Å². The van der Waals surface area contributed by atoms with Gasteiger partial charge in [-0.1, -0.05) is 20.8 Å². The van der Waals surface area contributed by atoms with Crippen LogP contribution in [0.3, 0.4) is 0 Å². The summed E-state index contributed by atoms with van der Waals surface area (Å²) in [6.07, 6.45) is 0.851. The number of nitrogens with zero attached hydrogens (tertiary/aromatic N) is 1. The lowest BCUT2D eigenvalue weighted by Gasteiger charge is -2.19. The molecule has 1 aromatic rings. The zero-order valence-electron chi connectivity index (χ0n) is 11.3. The van der Waals surface area contributed by atoms with Crippen molar-refractivity contribution in [1.29, 1.82) is 0 Å². The number of hydrogen-bond donors (Lipinski definition) is 2. The van der Waals surface area contributed by atoms with Gasteiger partial charge in [0.05, 0.1) is 0 Å².